The molecule has 0 radical (unpaired) electrons. The van der Waals surface area contributed by atoms with Crippen molar-refractivity contribution in [1.29, 1.82) is 0 Å². The van der Waals surface area contributed by atoms with Gasteiger partial charge in [-0.05, 0) is 55.9 Å². The summed E-state index contributed by atoms with van der Waals surface area (Å²) in [6.45, 7) is 0.943. The Kier molecular flexibility index (Phi) is 6.19. The Morgan fingerprint density at radius 1 is 1.28 bits per heavy atom. The predicted octanol–water partition coefficient (Wildman–Crippen LogP) is 6.00. The van der Waals surface area contributed by atoms with Gasteiger partial charge in [0.25, 0.3) is 0 Å². The summed E-state index contributed by atoms with van der Waals surface area (Å²) in [6.07, 6.45) is 6.47. The minimum absolute atomic E-state index is 0.384. The monoisotopic (exact) mass is 438 g/mol. The van der Waals surface area contributed by atoms with E-state index in [4.69, 9.17) is 4.74 Å². The average molecular weight is 441 g/mol. The van der Waals surface area contributed by atoms with Crippen LogP contribution in [0.2, 0.25) is 0 Å². The number of rotatable bonds is 4. The largest absolute Gasteiger partial charge is 0.378 e. The SMILES string of the molecule is Brc1ccc(Br)c(C(Br)CCC2CCCCO2)c1. The van der Waals surface area contributed by atoms with E-state index in [-0.39, 0.29) is 0 Å². The zero-order chi connectivity index (χ0) is 13.0. The van der Waals surface area contributed by atoms with E-state index in [2.05, 4.69) is 66.0 Å². The van der Waals surface area contributed by atoms with Crippen LogP contribution in [0.4, 0.5) is 0 Å². The summed E-state index contributed by atoms with van der Waals surface area (Å²) >= 11 is 10.9. The molecule has 0 aromatic heterocycles. The molecule has 2 rings (SSSR count). The summed E-state index contributed by atoms with van der Waals surface area (Å²) in [7, 11) is 0. The molecule has 0 N–H and O–H groups in total. The standard InChI is InChI=1S/C14H17Br3O/c15-10-4-6-13(16)12(9-10)14(17)7-5-11-3-1-2-8-18-11/h4,6,9,11,14H,1-3,5,7-8H2. The molecule has 1 saturated heterocycles. The van der Waals surface area contributed by atoms with E-state index in [1.54, 1.807) is 0 Å². The number of ether oxygens (including phenoxy) is 1. The molecule has 1 aromatic rings. The highest BCUT2D eigenvalue weighted by molar-refractivity contribution is 9.11. The quantitative estimate of drug-likeness (QED) is 0.522. The first-order chi connectivity index (χ1) is 8.66. The van der Waals surface area contributed by atoms with Crippen LogP contribution < -0.4 is 0 Å². The lowest BCUT2D eigenvalue weighted by atomic mass is 10.0. The molecule has 0 spiro atoms. The van der Waals surface area contributed by atoms with Gasteiger partial charge in [0.05, 0.1) is 6.10 Å². The van der Waals surface area contributed by atoms with E-state index in [9.17, 15) is 0 Å². The summed E-state index contributed by atoms with van der Waals surface area (Å²) < 4.78 is 8.06. The Morgan fingerprint density at radius 2 is 2.11 bits per heavy atom. The van der Waals surface area contributed by atoms with Gasteiger partial charge in [-0.1, -0.05) is 47.8 Å². The fourth-order valence-electron chi connectivity index (χ4n) is 2.28. The molecule has 1 heterocycles. The molecular formula is C14H17Br3O. The Bertz CT molecular complexity index is 389. The summed E-state index contributed by atoms with van der Waals surface area (Å²) in [5.74, 6) is 0. The predicted molar refractivity (Wildman–Crippen MR) is 86.3 cm³/mol. The first kappa shape index (κ1) is 15.0. The highest BCUT2D eigenvalue weighted by atomic mass is 79.9. The molecule has 1 nitrogen and oxygen atoms in total. The number of hydrogen-bond acceptors (Lipinski definition) is 1. The van der Waals surface area contributed by atoms with Crippen molar-refractivity contribution in [3.05, 3.63) is 32.7 Å². The molecule has 18 heavy (non-hydrogen) atoms. The fraction of sp³-hybridized carbons (Fsp3) is 0.571. The number of hydrogen-bond donors (Lipinski definition) is 0. The van der Waals surface area contributed by atoms with Crippen LogP contribution in [0.1, 0.15) is 42.5 Å². The average Bonchev–Trinajstić information content (AvgIpc) is 2.40. The highest BCUT2D eigenvalue weighted by Crippen LogP contribution is 2.36. The van der Waals surface area contributed by atoms with E-state index in [1.165, 1.54) is 24.8 Å². The van der Waals surface area contributed by atoms with Gasteiger partial charge in [0, 0.05) is 20.4 Å². The Labute approximate surface area is 134 Å². The molecule has 100 valence electrons. The van der Waals surface area contributed by atoms with Crippen molar-refractivity contribution in [3.63, 3.8) is 0 Å². The van der Waals surface area contributed by atoms with Crippen LogP contribution in [0, 0.1) is 0 Å². The van der Waals surface area contributed by atoms with Crippen LogP contribution in [-0.4, -0.2) is 12.7 Å². The third kappa shape index (κ3) is 4.32. The van der Waals surface area contributed by atoms with E-state index < -0.39 is 0 Å². The van der Waals surface area contributed by atoms with Crippen molar-refractivity contribution in [3.8, 4) is 0 Å². The van der Waals surface area contributed by atoms with Crippen LogP contribution in [-0.2, 0) is 4.74 Å². The molecule has 1 aliphatic heterocycles. The van der Waals surface area contributed by atoms with Gasteiger partial charge in [-0.15, -0.1) is 0 Å². The summed E-state index contributed by atoms with van der Waals surface area (Å²) in [5, 5.41) is 0. The van der Waals surface area contributed by atoms with Crippen LogP contribution >= 0.6 is 47.8 Å². The first-order valence-corrected chi connectivity index (χ1v) is 8.87. The van der Waals surface area contributed by atoms with Gasteiger partial charge in [-0.2, -0.15) is 0 Å². The third-order valence-electron chi connectivity index (χ3n) is 3.31. The van der Waals surface area contributed by atoms with E-state index in [1.807, 2.05) is 0 Å². The summed E-state index contributed by atoms with van der Waals surface area (Å²) in [6, 6.07) is 6.31. The van der Waals surface area contributed by atoms with E-state index >= 15 is 0 Å². The summed E-state index contributed by atoms with van der Waals surface area (Å²) in [4.78, 5) is 0.384. The van der Waals surface area contributed by atoms with Gasteiger partial charge in [-0.3, -0.25) is 0 Å². The smallest absolute Gasteiger partial charge is 0.0575 e. The molecule has 0 amide bonds. The summed E-state index contributed by atoms with van der Waals surface area (Å²) in [5.41, 5.74) is 1.31. The Hall–Kier alpha value is 0.620. The first-order valence-electron chi connectivity index (χ1n) is 6.37. The van der Waals surface area contributed by atoms with Crippen molar-refractivity contribution in [2.45, 2.75) is 43.0 Å². The molecule has 4 heteroatoms. The van der Waals surface area contributed by atoms with Gasteiger partial charge >= 0.3 is 0 Å². The maximum atomic E-state index is 5.78. The van der Waals surface area contributed by atoms with Crippen molar-refractivity contribution in [1.82, 2.24) is 0 Å². The Morgan fingerprint density at radius 3 is 2.83 bits per heavy atom. The molecule has 1 aliphatic rings. The fourth-order valence-corrected chi connectivity index (χ4v) is 4.13. The molecule has 0 aliphatic carbocycles. The van der Waals surface area contributed by atoms with Gasteiger partial charge in [0.2, 0.25) is 0 Å². The van der Waals surface area contributed by atoms with Gasteiger partial charge in [0.15, 0.2) is 0 Å². The van der Waals surface area contributed by atoms with Crippen LogP contribution in [0.3, 0.4) is 0 Å². The molecule has 0 saturated carbocycles. The minimum Gasteiger partial charge on any atom is -0.378 e. The molecule has 0 bridgehead atoms. The number of benzene rings is 1. The molecule has 2 atom stereocenters. The third-order valence-corrected chi connectivity index (χ3v) is 5.48. The molecule has 2 unspecified atom stereocenters. The lowest BCUT2D eigenvalue weighted by Crippen LogP contribution is -2.19. The zero-order valence-electron chi connectivity index (χ0n) is 10.2. The topological polar surface area (TPSA) is 9.23 Å². The second-order valence-electron chi connectivity index (χ2n) is 4.70. The maximum Gasteiger partial charge on any atom is 0.0575 e. The van der Waals surface area contributed by atoms with Gasteiger partial charge in [-0.25, -0.2) is 0 Å². The highest BCUT2D eigenvalue weighted by Gasteiger charge is 2.17. The van der Waals surface area contributed by atoms with Crippen molar-refractivity contribution in [2.24, 2.45) is 0 Å². The normalized spacial score (nSPS) is 21.8. The van der Waals surface area contributed by atoms with E-state index in [0.29, 0.717) is 10.9 Å². The van der Waals surface area contributed by atoms with Crippen molar-refractivity contribution < 1.29 is 4.74 Å². The van der Waals surface area contributed by atoms with Crippen molar-refractivity contribution >= 4 is 47.8 Å². The molecule has 1 fully saturated rings. The van der Waals surface area contributed by atoms with Crippen LogP contribution in [0.5, 0.6) is 0 Å². The van der Waals surface area contributed by atoms with Crippen LogP contribution in [0.25, 0.3) is 0 Å². The minimum atomic E-state index is 0.384. The second kappa shape index (κ2) is 7.41. The van der Waals surface area contributed by atoms with Crippen molar-refractivity contribution in [2.75, 3.05) is 6.61 Å². The lowest BCUT2D eigenvalue weighted by Gasteiger charge is -2.23. The molecule has 1 aromatic carbocycles. The zero-order valence-corrected chi connectivity index (χ0v) is 14.9. The number of halogens is 3. The van der Waals surface area contributed by atoms with E-state index in [0.717, 1.165) is 28.4 Å². The maximum absolute atomic E-state index is 5.78. The van der Waals surface area contributed by atoms with Crippen LogP contribution in [0.15, 0.2) is 27.1 Å². The molecular weight excluding hydrogens is 424 g/mol. The number of alkyl halides is 1. The van der Waals surface area contributed by atoms with Gasteiger partial charge < -0.3 is 4.74 Å². The second-order valence-corrected chi connectivity index (χ2v) is 7.57. The van der Waals surface area contributed by atoms with Gasteiger partial charge in [0.1, 0.15) is 0 Å². The lowest BCUT2D eigenvalue weighted by molar-refractivity contribution is 0.0101. The Balaban J connectivity index is 1.90.